The molecule has 1 aliphatic rings. The molecule has 3 rings (SSSR count). The van der Waals surface area contributed by atoms with Crippen molar-refractivity contribution in [3.8, 4) is 11.5 Å². The van der Waals surface area contributed by atoms with Crippen LogP contribution in [0.15, 0.2) is 40.9 Å². The minimum atomic E-state index is 0.694. The molecule has 1 aromatic carbocycles. The number of ether oxygens (including phenoxy) is 1. The number of thioether (sulfide) groups is 1. The van der Waals surface area contributed by atoms with Gasteiger partial charge in [0.2, 0.25) is 5.89 Å². The van der Waals surface area contributed by atoms with E-state index >= 15 is 0 Å². The Morgan fingerprint density at radius 1 is 1.16 bits per heavy atom. The molecule has 0 unspecified atom stereocenters. The molecule has 0 bridgehead atoms. The summed E-state index contributed by atoms with van der Waals surface area (Å²) in [6, 6.07) is 10.0. The molecule has 2 heterocycles. The van der Waals surface area contributed by atoms with E-state index in [4.69, 9.17) is 9.15 Å². The highest BCUT2D eigenvalue weighted by molar-refractivity contribution is 7.99. The predicted molar refractivity (Wildman–Crippen MR) is 77.1 cm³/mol. The van der Waals surface area contributed by atoms with Crippen LogP contribution in [0.5, 0.6) is 0 Å². The average Bonchev–Trinajstić information content (AvgIpc) is 2.96. The summed E-state index contributed by atoms with van der Waals surface area (Å²) in [6.07, 6.45) is 4.13. The number of hydrogen-bond donors (Lipinski definition) is 0. The molecule has 2 aromatic rings. The number of rotatable bonds is 4. The highest BCUT2D eigenvalue weighted by Crippen LogP contribution is 2.27. The molecule has 4 heteroatoms. The summed E-state index contributed by atoms with van der Waals surface area (Å²) in [6.45, 7) is 1.78. The monoisotopic (exact) mass is 275 g/mol. The van der Waals surface area contributed by atoms with Crippen LogP contribution in [0.1, 0.15) is 18.6 Å². The van der Waals surface area contributed by atoms with E-state index in [1.54, 1.807) is 0 Å². The molecule has 1 fully saturated rings. The van der Waals surface area contributed by atoms with E-state index < -0.39 is 0 Å². The van der Waals surface area contributed by atoms with Crippen molar-refractivity contribution in [3.63, 3.8) is 0 Å². The highest BCUT2D eigenvalue weighted by Gasteiger charge is 2.15. The molecule has 0 aliphatic carbocycles. The van der Waals surface area contributed by atoms with Crippen molar-refractivity contribution >= 4 is 11.8 Å². The second-order valence-corrected chi connectivity index (χ2v) is 5.91. The molecule has 0 atom stereocenters. The minimum Gasteiger partial charge on any atom is -0.440 e. The third kappa shape index (κ3) is 3.39. The fourth-order valence-electron chi connectivity index (χ4n) is 2.13. The van der Waals surface area contributed by atoms with Crippen LogP contribution in [-0.4, -0.2) is 23.4 Å². The molecule has 3 nitrogen and oxygen atoms in total. The Kier molecular flexibility index (Phi) is 4.20. The van der Waals surface area contributed by atoms with Crippen LogP contribution in [0.3, 0.4) is 0 Å². The van der Waals surface area contributed by atoms with Gasteiger partial charge in [0, 0.05) is 24.0 Å². The Balaban J connectivity index is 1.59. The molecule has 0 spiro atoms. The third-order valence-electron chi connectivity index (χ3n) is 3.20. The van der Waals surface area contributed by atoms with Crippen molar-refractivity contribution in [3.05, 3.63) is 42.3 Å². The van der Waals surface area contributed by atoms with Crippen molar-refractivity contribution in [2.45, 2.75) is 23.8 Å². The third-order valence-corrected chi connectivity index (χ3v) is 4.60. The maximum absolute atomic E-state index is 5.80. The fourth-order valence-corrected chi connectivity index (χ4v) is 3.19. The van der Waals surface area contributed by atoms with Gasteiger partial charge >= 0.3 is 0 Å². The topological polar surface area (TPSA) is 35.3 Å². The average molecular weight is 275 g/mol. The zero-order chi connectivity index (χ0) is 12.9. The van der Waals surface area contributed by atoms with Gasteiger partial charge in [-0.05, 0) is 25.0 Å². The van der Waals surface area contributed by atoms with Gasteiger partial charge in [0.25, 0.3) is 0 Å². The van der Waals surface area contributed by atoms with Crippen LogP contribution in [-0.2, 0) is 10.5 Å². The maximum Gasteiger partial charge on any atom is 0.226 e. The van der Waals surface area contributed by atoms with Crippen molar-refractivity contribution in [1.82, 2.24) is 4.98 Å². The van der Waals surface area contributed by atoms with Crippen molar-refractivity contribution in [2.75, 3.05) is 13.2 Å². The van der Waals surface area contributed by atoms with Gasteiger partial charge in [0.1, 0.15) is 5.76 Å². The molecule has 0 radical (unpaired) electrons. The summed E-state index contributed by atoms with van der Waals surface area (Å²) in [5, 5.41) is 0.694. The van der Waals surface area contributed by atoms with E-state index in [0.717, 1.165) is 43.1 Å². The van der Waals surface area contributed by atoms with Crippen LogP contribution in [0, 0.1) is 0 Å². The molecule has 0 saturated carbocycles. The second-order valence-electron chi connectivity index (χ2n) is 4.62. The number of aromatic nitrogens is 1. The Bertz CT molecular complexity index is 506. The Hall–Kier alpha value is -1.26. The van der Waals surface area contributed by atoms with Gasteiger partial charge in [-0.25, -0.2) is 4.98 Å². The summed E-state index contributed by atoms with van der Waals surface area (Å²) in [4.78, 5) is 4.35. The smallest absolute Gasteiger partial charge is 0.226 e. The first-order valence-corrected chi connectivity index (χ1v) is 7.66. The lowest BCUT2D eigenvalue weighted by molar-refractivity contribution is 0.1000. The molecule has 1 aliphatic heterocycles. The van der Waals surface area contributed by atoms with E-state index in [0.29, 0.717) is 11.1 Å². The van der Waals surface area contributed by atoms with Gasteiger partial charge in [-0.15, -0.1) is 0 Å². The van der Waals surface area contributed by atoms with E-state index in [1.165, 1.54) is 0 Å². The Labute approximate surface area is 117 Å². The van der Waals surface area contributed by atoms with Gasteiger partial charge in [0.05, 0.1) is 11.9 Å². The van der Waals surface area contributed by atoms with E-state index in [2.05, 4.69) is 4.98 Å². The summed E-state index contributed by atoms with van der Waals surface area (Å²) >= 11 is 1.95. The zero-order valence-electron chi connectivity index (χ0n) is 10.7. The quantitative estimate of drug-likeness (QED) is 0.851. The number of hydrogen-bond acceptors (Lipinski definition) is 4. The lowest BCUT2D eigenvalue weighted by atomic mass is 10.2. The van der Waals surface area contributed by atoms with Gasteiger partial charge < -0.3 is 9.15 Å². The Morgan fingerprint density at radius 3 is 2.74 bits per heavy atom. The number of benzene rings is 1. The number of nitrogens with zero attached hydrogens (tertiary/aromatic N) is 1. The minimum absolute atomic E-state index is 0.694. The largest absolute Gasteiger partial charge is 0.440 e. The lowest BCUT2D eigenvalue weighted by Gasteiger charge is -2.20. The van der Waals surface area contributed by atoms with E-state index in [-0.39, 0.29) is 0 Å². The van der Waals surface area contributed by atoms with Gasteiger partial charge in [-0.2, -0.15) is 11.8 Å². The van der Waals surface area contributed by atoms with Crippen molar-refractivity contribution in [1.29, 1.82) is 0 Å². The SMILES string of the molecule is c1ccc(-c2ncc(CSC3CCOCC3)o2)cc1. The first-order chi connectivity index (χ1) is 9.42. The van der Waals surface area contributed by atoms with E-state index in [1.807, 2.05) is 48.3 Å². The summed E-state index contributed by atoms with van der Waals surface area (Å²) in [7, 11) is 0. The normalized spacial score (nSPS) is 16.6. The fraction of sp³-hybridized carbons (Fsp3) is 0.400. The second kappa shape index (κ2) is 6.26. The molecule has 1 saturated heterocycles. The number of oxazole rings is 1. The first kappa shape index (κ1) is 12.8. The highest BCUT2D eigenvalue weighted by atomic mass is 32.2. The molecular formula is C15H17NO2S. The molecule has 0 N–H and O–H groups in total. The van der Waals surface area contributed by atoms with Crippen LogP contribution >= 0.6 is 11.8 Å². The summed E-state index contributed by atoms with van der Waals surface area (Å²) in [5.74, 6) is 2.56. The predicted octanol–water partition coefficient (Wildman–Crippen LogP) is 3.75. The van der Waals surface area contributed by atoms with Gasteiger partial charge in [-0.1, -0.05) is 18.2 Å². The van der Waals surface area contributed by atoms with E-state index in [9.17, 15) is 0 Å². The van der Waals surface area contributed by atoms with Crippen molar-refractivity contribution < 1.29 is 9.15 Å². The van der Waals surface area contributed by atoms with Crippen LogP contribution in [0.4, 0.5) is 0 Å². The molecule has 19 heavy (non-hydrogen) atoms. The standard InChI is InChI=1S/C15H17NO2S/c1-2-4-12(5-3-1)15-16-10-13(18-15)11-19-14-6-8-17-9-7-14/h1-5,10,14H,6-9,11H2. The molecule has 1 aromatic heterocycles. The summed E-state index contributed by atoms with van der Waals surface area (Å²) in [5.41, 5.74) is 1.03. The molecule has 100 valence electrons. The van der Waals surface area contributed by atoms with Gasteiger partial charge in [-0.3, -0.25) is 0 Å². The first-order valence-electron chi connectivity index (χ1n) is 6.61. The maximum atomic E-state index is 5.80. The lowest BCUT2D eigenvalue weighted by Crippen LogP contribution is -2.17. The summed E-state index contributed by atoms with van der Waals surface area (Å²) < 4.78 is 11.2. The zero-order valence-corrected chi connectivity index (χ0v) is 11.6. The van der Waals surface area contributed by atoms with Crippen LogP contribution in [0.25, 0.3) is 11.5 Å². The van der Waals surface area contributed by atoms with Crippen LogP contribution < -0.4 is 0 Å². The van der Waals surface area contributed by atoms with Crippen LogP contribution in [0.2, 0.25) is 0 Å². The molecular weight excluding hydrogens is 258 g/mol. The van der Waals surface area contributed by atoms with Crippen molar-refractivity contribution in [2.24, 2.45) is 0 Å². The molecule has 0 amide bonds. The van der Waals surface area contributed by atoms with Gasteiger partial charge in [0.15, 0.2) is 0 Å². The Morgan fingerprint density at radius 2 is 1.95 bits per heavy atom.